The van der Waals surface area contributed by atoms with Crippen LogP contribution in [-0.2, 0) is 14.3 Å². The Bertz CT molecular complexity index is 860. The van der Waals surface area contributed by atoms with Crippen LogP contribution in [0.5, 0.6) is 5.75 Å². The van der Waals surface area contributed by atoms with Gasteiger partial charge in [0.25, 0.3) is 5.91 Å². The van der Waals surface area contributed by atoms with Gasteiger partial charge in [0.15, 0.2) is 13.2 Å². The van der Waals surface area contributed by atoms with Crippen molar-refractivity contribution in [2.45, 2.75) is 13.8 Å². The first-order chi connectivity index (χ1) is 12.7. The van der Waals surface area contributed by atoms with Crippen LogP contribution >= 0.6 is 46.4 Å². The average Bonchev–Trinajstić information content (AvgIpc) is 2.63. The Morgan fingerprint density at radius 2 is 1.56 bits per heavy atom. The van der Waals surface area contributed by atoms with Gasteiger partial charge in [-0.3, -0.25) is 4.79 Å². The quantitative estimate of drug-likeness (QED) is 0.467. The molecule has 0 saturated heterocycles. The lowest BCUT2D eigenvalue weighted by molar-refractivity contribution is -0.149. The van der Waals surface area contributed by atoms with Crippen molar-refractivity contribution >= 4 is 64.0 Å². The number of aryl methyl sites for hydroxylation is 2. The summed E-state index contributed by atoms with van der Waals surface area (Å²) in [6.07, 6.45) is 0. The van der Waals surface area contributed by atoms with Crippen molar-refractivity contribution in [1.29, 1.82) is 0 Å². The molecule has 0 unspecified atom stereocenters. The number of hydrogen-bond donors (Lipinski definition) is 1. The Morgan fingerprint density at radius 1 is 0.926 bits per heavy atom. The van der Waals surface area contributed by atoms with Gasteiger partial charge in [0.1, 0.15) is 5.75 Å². The molecule has 144 valence electrons. The predicted octanol–water partition coefficient (Wildman–Crippen LogP) is 5.48. The molecule has 2 aromatic rings. The summed E-state index contributed by atoms with van der Waals surface area (Å²) in [6.45, 7) is 3.02. The fraction of sp³-hybridized carbons (Fsp3) is 0.222. The second-order valence-corrected chi connectivity index (χ2v) is 7.16. The van der Waals surface area contributed by atoms with Crippen molar-refractivity contribution < 1.29 is 19.1 Å². The van der Waals surface area contributed by atoms with Crippen molar-refractivity contribution in [1.82, 2.24) is 0 Å². The Morgan fingerprint density at radius 3 is 2.15 bits per heavy atom. The van der Waals surface area contributed by atoms with E-state index in [9.17, 15) is 9.59 Å². The van der Waals surface area contributed by atoms with E-state index < -0.39 is 18.5 Å². The number of rotatable bonds is 6. The van der Waals surface area contributed by atoms with Gasteiger partial charge in [-0.2, -0.15) is 0 Å². The zero-order valence-electron chi connectivity index (χ0n) is 14.4. The number of esters is 1. The summed E-state index contributed by atoms with van der Waals surface area (Å²) in [6, 6.07) is 6.79. The largest absolute Gasteiger partial charge is 0.482 e. The van der Waals surface area contributed by atoms with Crippen LogP contribution in [-0.4, -0.2) is 25.1 Å². The van der Waals surface area contributed by atoms with E-state index in [2.05, 4.69) is 5.32 Å². The smallest absolute Gasteiger partial charge is 0.344 e. The van der Waals surface area contributed by atoms with Crippen LogP contribution < -0.4 is 10.1 Å². The molecule has 2 rings (SSSR count). The Balaban J connectivity index is 1.87. The molecule has 0 aliphatic carbocycles. The third kappa shape index (κ3) is 5.91. The number of ether oxygens (including phenoxy) is 2. The Labute approximate surface area is 176 Å². The van der Waals surface area contributed by atoms with E-state index in [1.807, 2.05) is 26.0 Å². The molecule has 5 nitrogen and oxygen atoms in total. The fourth-order valence-corrected chi connectivity index (χ4v) is 2.90. The van der Waals surface area contributed by atoms with Crippen molar-refractivity contribution in [2.75, 3.05) is 18.5 Å². The summed E-state index contributed by atoms with van der Waals surface area (Å²) in [5.41, 5.74) is 2.19. The minimum absolute atomic E-state index is 0.0313. The number of nitrogens with one attached hydrogen (secondary N) is 1. The molecule has 1 amide bonds. The molecule has 0 heterocycles. The highest BCUT2D eigenvalue weighted by Gasteiger charge is 2.17. The maximum absolute atomic E-state index is 12.0. The molecule has 0 spiro atoms. The van der Waals surface area contributed by atoms with Crippen LogP contribution in [0.1, 0.15) is 11.1 Å². The molecule has 0 aliphatic rings. The van der Waals surface area contributed by atoms with E-state index >= 15 is 0 Å². The van der Waals surface area contributed by atoms with Gasteiger partial charge in [-0.1, -0.05) is 52.5 Å². The highest BCUT2D eigenvalue weighted by Crippen LogP contribution is 2.40. The molecule has 0 atom stereocenters. The second kappa shape index (κ2) is 9.51. The number of hydrogen-bond acceptors (Lipinski definition) is 4. The molecule has 9 heteroatoms. The topological polar surface area (TPSA) is 64.6 Å². The van der Waals surface area contributed by atoms with E-state index in [4.69, 9.17) is 55.9 Å². The minimum atomic E-state index is -0.704. The van der Waals surface area contributed by atoms with Gasteiger partial charge in [0.05, 0.1) is 25.8 Å². The lowest BCUT2D eigenvalue weighted by Gasteiger charge is -2.12. The molecule has 1 N–H and O–H groups in total. The van der Waals surface area contributed by atoms with Crippen molar-refractivity contribution in [3.63, 3.8) is 0 Å². The van der Waals surface area contributed by atoms with Gasteiger partial charge >= 0.3 is 5.97 Å². The average molecular weight is 451 g/mol. The molecule has 0 aromatic heterocycles. The van der Waals surface area contributed by atoms with Crippen molar-refractivity contribution in [3.05, 3.63) is 55.5 Å². The third-order valence-electron chi connectivity index (χ3n) is 3.58. The molecule has 27 heavy (non-hydrogen) atoms. The predicted molar refractivity (Wildman–Crippen MR) is 107 cm³/mol. The normalized spacial score (nSPS) is 10.4. The van der Waals surface area contributed by atoms with E-state index in [0.717, 1.165) is 11.1 Å². The van der Waals surface area contributed by atoms with Crippen LogP contribution in [0, 0.1) is 13.8 Å². The number of carbonyl (C=O) groups excluding carboxylic acids is 2. The lowest BCUT2D eigenvalue weighted by Crippen LogP contribution is -2.24. The number of amides is 1. The van der Waals surface area contributed by atoms with Gasteiger partial charge in [-0.25, -0.2) is 4.79 Å². The van der Waals surface area contributed by atoms with Crippen molar-refractivity contribution in [3.8, 4) is 5.75 Å². The summed E-state index contributed by atoms with van der Waals surface area (Å²) in [5, 5.41) is 2.73. The summed E-state index contributed by atoms with van der Waals surface area (Å²) in [4.78, 5) is 23.7. The first-order valence-corrected chi connectivity index (χ1v) is 9.18. The SMILES string of the molecule is Cc1ccc(OCC(=O)OCC(=O)Nc2c(Cl)c(Cl)cc(Cl)c2Cl)cc1C. The van der Waals surface area contributed by atoms with Gasteiger partial charge in [0, 0.05) is 0 Å². The maximum Gasteiger partial charge on any atom is 0.344 e. The molecule has 0 aliphatic heterocycles. The van der Waals surface area contributed by atoms with Crippen LogP contribution in [0.15, 0.2) is 24.3 Å². The molecule has 0 radical (unpaired) electrons. The first-order valence-electron chi connectivity index (χ1n) is 7.67. The standard InChI is InChI=1S/C18H15Cl4NO4/c1-9-3-4-11(5-10(9)2)26-8-15(25)27-7-14(24)23-18-16(21)12(19)6-13(20)17(18)22/h3-6H,7-8H2,1-2H3,(H,23,24). The molecule has 0 saturated carbocycles. The zero-order chi connectivity index (χ0) is 20.1. The number of halogens is 4. The second-order valence-electron chi connectivity index (χ2n) is 5.59. The zero-order valence-corrected chi connectivity index (χ0v) is 17.4. The minimum Gasteiger partial charge on any atom is -0.482 e. The van der Waals surface area contributed by atoms with Crippen LogP contribution in [0.2, 0.25) is 20.1 Å². The molecule has 0 fully saturated rings. The maximum atomic E-state index is 12.0. The van der Waals surface area contributed by atoms with E-state index in [1.165, 1.54) is 6.07 Å². The molecular formula is C18H15Cl4NO4. The number of benzene rings is 2. The van der Waals surface area contributed by atoms with Crippen LogP contribution in [0.3, 0.4) is 0 Å². The van der Waals surface area contributed by atoms with Crippen molar-refractivity contribution in [2.24, 2.45) is 0 Å². The van der Waals surface area contributed by atoms with Gasteiger partial charge in [-0.05, 0) is 43.2 Å². The number of carbonyl (C=O) groups is 2. The van der Waals surface area contributed by atoms with E-state index in [-0.39, 0.29) is 32.4 Å². The van der Waals surface area contributed by atoms with Crippen LogP contribution in [0.25, 0.3) is 0 Å². The van der Waals surface area contributed by atoms with Gasteiger partial charge in [0.2, 0.25) is 0 Å². The Kier molecular flexibility index (Phi) is 7.62. The summed E-state index contributed by atoms with van der Waals surface area (Å²) >= 11 is 23.8. The monoisotopic (exact) mass is 449 g/mol. The lowest BCUT2D eigenvalue weighted by atomic mass is 10.1. The molecule has 2 aromatic carbocycles. The van der Waals surface area contributed by atoms with E-state index in [1.54, 1.807) is 6.07 Å². The summed E-state index contributed by atoms with van der Waals surface area (Å²) in [5.74, 6) is -0.826. The fourth-order valence-electron chi connectivity index (χ4n) is 1.99. The highest BCUT2D eigenvalue weighted by molar-refractivity contribution is 6.50. The summed E-state index contributed by atoms with van der Waals surface area (Å²) < 4.78 is 10.2. The van der Waals surface area contributed by atoms with E-state index in [0.29, 0.717) is 5.75 Å². The number of anilines is 1. The summed E-state index contributed by atoms with van der Waals surface area (Å²) in [7, 11) is 0. The van der Waals surface area contributed by atoms with Gasteiger partial charge < -0.3 is 14.8 Å². The van der Waals surface area contributed by atoms with Crippen LogP contribution in [0.4, 0.5) is 5.69 Å². The third-order valence-corrected chi connectivity index (χ3v) is 5.15. The highest BCUT2D eigenvalue weighted by atomic mass is 35.5. The molecular weight excluding hydrogens is 436 g/mol. The molecule has 0 bridgehead atoms. The first kappa shape index (κ1) is 21.6. The van der Waals surface area contributed by atoms with Gasteiger partial charge in [-0.15, -0.1) is 0 Å². The Hall–Kier alpha value is -1.66.